The zero-order valence-electron chi connectivity index (χ0n) is 11.8. The van der Waals surface area contributed by atoms with E-state index < -0.39 is 5.97 Å². The Morgan fingerprint density at radius 2 is 2.09 bits per heavy atom. The predicted octanol–water partition coefficient (Wildman–Crippen LogP) is 3.57. The molecule has 0 aliphatic rings. The van der Waals surface area contributed by atoms with Crippen molar-refractivity contribution in [3.63, 3.8) is 0 Å². The molecular weight excluding hydrogens is 304 g/mol. The number of aromatic nitrogens is 2. The Kier molecular flexibility index (Phi) is 3.73. The maximum atomic E-state index is 11.5. The number of halogens is 1. The van der Waals surface area contributed by atoms with Crippen LogP contribution >= 0.6 is 11.6 Å². The first kappa shape index (κ1) is 14.4. The first-order chi connectivity index (χ1) is 10.6. The number of carboxylic acids is 1. The molecule has 0 aliphatic carbocycles. The first-order valence-corrected chi connectivity index (χ1v) is 7.03. The molecule has 112 valence electrons. The Bertz CT molecular complexity index is 858. The molecule has 0 radical (unpaired) electrons. The molecule has 0 atom stereocenters. The van der Waals surface area contributed by atoms with Crippen LogP contribution in [0.4, 0.5) is 0 Å². The molecule has 2 aromatic heterocycles. The Morgan fingerprint density at radius 3 is 2.82 bits per heavy atom. The topological polar surface area (TPSA) is 63.8 Å². The van der Waals surface area contributed by atoms with Crippen molar-refractivity contribution in [2.75, 3.05) is 0 Å². The number of carbonyl (C=O) groups is 1. The van der Waals surface area contributed by atoms with E-state index in [4.69, 9.17) is 16.3 Å². The highest BCUT2D eigenvalue weighted by molar-refractivity contribution is 6.32. The quantitative estimate of drug-likeness (QED) is 0.799. The average Bonchev–Trinajstić information content (AvgIpc) is 2.86. The van der Waals surface area contributed by atoms with Gasteiger partial charge >= 0.3 is 5.97 Å². The fourth-order valence-corrected chi connectivity index (χ4v) is 2.48. The Hall–Kier alpha value is -2.53. The summed E-state index contributed by atoms with van der Waals surface area (Å²) in [6.45, 7) is 1.92. The van der Waals surface area contributed by atoms with E-state index in [1.807, 2.05) is 13.0 Å². The van der Waals surface area contributed by atoms with Crippen molar-refractivity contribution in [2.45, 2.75) is 13.5 Å². The van der Waals surface area contributed by atoms with Crippen LogP contribution in [0.2, 0.25) is 5.02 Å². The summed E-state index contributed by atoms with van der Waals surface area (Å²) in [4.78, 5) is 15.9. The minimum atomic E-state index is -1.05. The second-order valence-corrected chi connectivity index (χ2v) is 5.22. The number of pyridine rings is 1. The van der Waals surface area contributed by atoms with Crippen molar-refractivity contribution in [3.05, 3.63) is 64.6 Å². The lowest BCUT2D eigenvalue weighted by Crippen LogP contribution is -2.07. The number of ether oxygens (including phenoxy) is 1. The van der Waals surface area contributed by atoms with Gasteiger partial charge in [-0.15, -0.1) is 0 Å². The number of benzene rings is 1. The maximum Gasteiger partial charge on any atom is 0.354 e. The van der Waals surface area contributed by atoms with E-state index in [1.165, 1.54) is 0 Å². The zero-order valence-corrected chi connectivity index (χ0v) is 12.5. The molecule has 1 aromatic carbocycles. The molecule has 0 spiro atoms. The van der Waals surface area contributed by atoms with E-state index in [0.29, 0.717) is 22.1 Å². The van der Waals surface area contributed by atoms with Crippen LogP contribution in [0.5, 0.6) is 5.75 Å². The molecule has 5 nitrogen and oxygen atoms in total. The summed E-state index contributed by atoms with van der Waals surface area (Å²) in [5.41, 5.74) is 1.97. The summed E-state index contributed by atoms with van der Waals surface area (Å²) >= 11 is 6.03. The van der Waals surface area contributed by atoms with E-state index in [2.05, 4.69) is 4.98 Å². The number of aromatic carboxylic acids is 1. The van der Waals surface area contributed by atoms with Gasteiger partial charge < -0.3 is 9.84 Å². The highest BCUT2D eigenvalue weighted by Gasteiger charge is 2.20. The van der Waals surface area contributed by atoms with Gasteiger partial charge in [-0.05, 0) is 30.7 Å². The summed E-state index contributed by atoms with van der Waals surface area (Å²) in [5, 5.41) is 9.92. The smallest absolute Gasteiger partial charge is 0.354 e. The number of aryl methyl sites for hydroxylation is 1. The molecule has 22 heavy (non-hydrogen) atoms. The predicted molar refractivity (Wildman–Crippen MR) is 82.7 cm³/mol. The Labute approximate surface area is 131 Å². The van der Waals surface area contributed by atoms with Crippen LogP contribution in [0.25, 0.3) is 5.65 Å². The summed E-state index contributed by atoms with van der Waals surface area (Å²) < 4.78 is 7.17. The number of fused-ring (bicyclic) bond motifs is 1. The molecule has 0 amide bonds. The van der Waals surface area contributed by atoms with Gasteiger partial charge in [0.1, 0.15) is 23.7 Å². The van der Waals surface area contributed by atoms with Crippen molar-refractivity contribution in [2.24, 2.45) is 0 Å². The van der Waals surface area contributed by atoms with Crippen LogP contribution in [0.1, 0.15) is 21.7 Å². The molecule has 0 unspecified atom stereocenters. The van der Waals surface area contributed by atoms with Gasteiger partial charge in [0, 0.05) is 6.20 Å². The van der Waals surface area contributed by atoms with Gasteiger partial charge in [-0.1, -0.05) is 29.8 Å². The van der Waals surface area contributed by atoms with Crippen molar-refractivity contribution in [1.29, 1.82) is 0 Å². The molecule has 0 saturated carbocycles. The molecule has 6 heteroatoms. The van der Waals surface area contributed by atoms with Crippen molar-refractivity contribution in [1.82, 2.24) is 9.38 Å². The normalized spacial score (nSPS) is 10.8. The number of imidazole rings is 1. The summed E-state index contributed by atoms with van der Waals surface area (Å²) in [6.07, 6.45) is 1.68. The first-order valence-electron chi connectivity index (χ1n) is 6.65. The molecular formula is C16H13ClN2O3. The number of carboxylic acid groups (broad SMARTS) is 1. The summed E-state index contributed by atoms with van der Waals surface area (Å²) in [6, 6.07) is 10.7. The van der Waals surface area contributed by atoms with Crippen LogP contribution in [0, 0.1) is 6.92 Å². The van der Waals surface area contributed by atoms with Crippen LogP contribution in [0.15, 0.2) is 42.6 Å². The highest BCUT2D eigenvalue weighted by Crippen LogP contribution is 2.25. The lowest BCUT2D eigenvalue weighted by atomic mass is 10.3. The Morgan fingerprint density at radius 1 is 1.32 bits per heavy atom. The lowest BCUT2D eigenvalue weighted by molar-refractivity contribution is 0.0686. The molecule has 0 aliphatic heterocycles. The number of rotatable bonds is 4. The van der Waals surface area contributed by atoms with E-state index in [9.17, 15) is 9.90 Å². The lowest BCUT2D eigenvalue weighted by Gasteiger charge is -2.06. The third-order valence-corrected chi connectivity index (χ3v) is 3.63. The van der Waals surface area contributed by atoms with E-state index in [0.717, 1.165) is 5.56 Å². The second-order valence-electron chi connectivity index (χ2n) is 4.82. The number of hydrogen-bond acceptors (Lipinski definition) is 3. The van der Waals surface area contributed by atoms with Gasteiger partial charge in [0.15, 0.2) is 5.69 Å². The largest absolute Gasteiger partial charge is 0.486 e. The summed E-state index contributed by atoms with van der Waals surface area (Å²) in [7, 11) is 0. The maximum absolute atomic E-state index is 11.5. The molecule has 3 aromatic rings. The van der Waals surface area contributed by atoms with Crippen molar-refractivity contribution < 1.29 is 14.6 Å². The second kappa shape index (κ2) is 5.69. The van der Waals surface area contributed by atoms with E-state index in [-0.39, 0.29) is 12.3 Å². The minimum absolute atomic E-state index is 0.0342. The zero-order chi connectivity index (χ0) is 15.7. The van der Waals surface area contributed by atoms with Gasteiger partial charge in [0.05, 0.1) is 5.02 Å². The third kappa shape index (κ3) is 2.51. The number of nitrogens with zero attached hydrogens (tertiary/aromatic N) is 2. The van der Waals surface area contributed by atoms with Crippen LogP contribution in [0.3, 0.4) is 0 Å². The highest BCUT2D eigenvalue weighted by atomic mass is 35.5. The van der Waals surface area contributed by atoms with Gasteiger partial charge in [-0.2, -0.15) is 0 Å². The molecule has 1 N–H and O–H groups in total. The van der Waals surface area contributed by atoms with E-state index >= 15 is 0 Å². The van der Waals surface area contributed by atoms with Gasteiger partial charge in [0.25, 0.3) is 0 Å². The molecule has 3 rings (SSSR count). The molecule has 0 fully saturated rings. The standard InChI is InChI=1S/C16H13ClN2O3/c1-10-5-4-8-19-14(16(20)21)12(18-15(10)19)9-22-13-7-3-2-6-11(13)17/h2-8H,9H2,1H3,(H,20,21). The van der Waals surface area contributed by atoms with Crippen LogP contribution < -0.4 is 4.74 Å². The van der Waals surface area contributed by atoms with E-state index in [1.54, 1.807) is 40.9 Å². The Balaban J connectivity index is 2.00. The molecule has 0 saturated heterocycles. The third-order valence-electron chi connectivity index (χ3n) is 3.32. The van der Waals surface area contributed by atoms with Crippen LogP contribution in [-0.2, 0) is 6.61 Å². The van der Waals surface area contributed by atoms with Gasteiger partial charge in [-0.25, -0.2) is 9.78 Å². The average molecular weight is 317 g/mol. The fraction of sp³-hybridized carbons (Fsp3) is 0.125. The minimum Gasteiger partial charge on any atom is -0.486 e. The molecule has 2 heterocycles. The van der Waals surface area contributed by atoms with Crippen LogP contribution in [-0.4, -0.2) is 20.5 Å². The fourth-order valence-electron chi connectivity index (χ4n) is 2.29. The summed E-state index contributed by atoms with van der Waals surface area (Å²) in [5.74, 6) is -0.551. The molecule has 0 bridgehead atoms. The SMILES string of the molecule is Cc1cccn2c(C(=O)O)c(COc3ccccc3Cl)nc12. The number of para-hydroxylation sites is 1. The van der Waals surface area contributed by atoms with Gasteiger partial charge in [-0.3, -0.25) is 4.40 Å². The van der Waals surface area contributed by atoms with Crippen molar-refractivity contribution in [3.8, 4) is 5.75 Å². The monoisotopic (exact) mass is 316 g/mol. The number of hydrogen-bond donors (Lipinski definition) is 1. The van der Waals surface area contributed by atoms with Crippen molar-refractivity contribution >= 4 is 23.2 Å². The van der Waals surface area contributed by atoms with Gasteiger partial charge in [0.2, 0.25) is 0 Å².